The summed E-state index contributed by atoms with van der Waals surface area (Å²) < 4.78 is 6.90. The van der Waals surface area contributed by atoms with Gasteiger partial charge in [0.05, 0.1) is 13.2 Å². The molecule has 0 radical (unpaired) electrons. The first-order chi connectivity index (χ1) is 11.0. The summed E-state index contributed by atoms with van der Waals surface area (Å²) >= 11 is 6.12. The summed E-state index contributed by atoms with van der Waals surface area (Å²) in [5.74, 6) is 0.972. The number of ether oxygens (including phenoxy) is 1. The maximum absolute atomic E-state index is 12.3. The minimum absolute atomic E-state index is 0.122. The Bertz CT molecular complexity index is 644. The van der Waals surface area contributed by atoms with Crippen molar-refractivity contribution in [2.75, 3.05) is 7.11 Å². The lowest BCUT2D eigenvalue weighted by Gasteiger charge is -2.23. The molecule has 2 rings (SSSR count). The lowest BCUT2D eigenvalue weighted by Crippen LogP contribution is -2.32. The normalized spacial score (nSPS) is 12.2. The molecule has 1 atom stereocenters. The third-order valence-electron chi connectivity index (χ3n) is 3.38. The van der Waals surface area contributed by atoms with E-state index in [1.54, 1.807) is 13.2 Å². The molecule has 1 heterocycles. The van der Waals surface area contributed by atoms with Gasteiger partial charge in [-0.3, -0.25) is 4.79 Å². The smallest absolute Gasteiger partial charge is 0.242 e. The number of amides is 1. The first kappa shape index (κ1) is 17.3. The molecule has 23 heavy (non-hydrogen) atoms. The van der Waals surface area contributed by atoms with Crippen LogP contribution in [0.25, 0.3) is 0 Å². The number of hydrogen-bond donors (Lipinski definition) is 1. The fourth-order valence-electron chi connectivity index (χ4n) is 2.41. The molecule has 0 saturated carbocycles. The highest BCUT2D eigenvalue weighted by Crippen LogP contribution is 2.31. The van der Waals surface area contributed by atoms with E-state index in [4.69, 9.17) is 16.3 Å². The minimum Gasteiger partial charge on any atom is -0.496 e. The van der Waals surface area contributed by atoms with Crippen molar-refractivity contribution in [1.82, 2.24) is 20.1 Å². The number of nitrogens with one attached hydrogen (secondary N) is 1. The van der Waals surface area contributed by atoms with Crippen LogP contribution in [0.1, 0.15) is 31.9 Å². The van der Waals surface area contributed by atoms with Gasteiger partial charge in [0.25, 0.3) is 0 Å². The van der Waals surface area contributed by atoms with Gasteiger partial charge in [0.1, 0.15) is 24.9 Å². The second-order valence-electron chi connectivity index (χ2n) is 5.73. The summed E-state index contributed by atoms with van der Waals surface area (Å²) in [5.41, 5.74) is 0.876. The Labute approximate surface area is 140 Å². The Kier molecular flexibility index (Phi) is 5.98. The van der Waals surface area contributed by atoms with Gasteiger partial charge in [0.15, 0.2) is 0 Å². The Morgan fingerprint density at radius 3 is 2.83 bits per heavy atom. The second kappa shape index (κ2) is 7.97. The van der Waals surface area contributed by atoms with Crippen LogP contribution in [-0.4, -0.2) is 27.8 Å². The van der Waals surface area contributed by atoms with Crippen LogP contribution in [0, 0.1) is 5.92 Å². The number of benzene rings is 1. The molecule has 1 aromatic heterocycles. The SMILES string of the molecule is COc1ccc(Cl)cc1[C@H](CC(C)C)NC(=O)Cn1cncn1. The molecule has 7 heteroatoms. The number of nitrogens with zero attached hydrogens (tertiary/aromatic N) is 3. The summed E-state index contributed by atoms with van der Waals surface area (Å²) in [6.07, 6.45) is 3.69. The van der Waals surface area contributed by atoms with E-state index in [2.05, 4.69) is 29.2 Å². The molecule has 0 aliphatic carbocycles. The number of rotatable bonds is 7. The first-order valence-corrected chi connectivity index (χ1v) is 7.82. The zero-order valence-corrected chi connectivity index (χ0v) is 14.2. The second-order valence-corrected chi connectivity index (χ2v) is 6.17. The Hall–Kier alpha value is -2.08. The van der Waals surface area contributed by atoms with Crippen LogP contribution in [0.2, 0.25) is 5.02 Å². The van der Waals surface area contributed by atoms with E-state index in [0.717, 1.165) is 12.0 Å². The van der Waals surface area contributed by atoms with Gasteiger partial charge in [-0.25, -0.2) is 9.67 Å². The molecule has 0 bridgehead atoms. The van der Waals surface area contributed by atoms with Crippen LogP contribution < -0.4 is 10.1 Å². The van der Waals surface area contributed by atoms with Crippen molar-refractivity contribution in [3.05, 3.63) is 41.4 Å². The average Bonchev–Trinajstić information content (AvgIpc) is 2.98. The van der Waals surface area contributed by atoms with Crippen molar-refractivity contribution >= 4 is 17.5 Å². The molecule has 2 aromatic rings. The Morgan fingerprint density at radius 1 is 1.43 bits per heavy atom. The largest absolute Gasteiger partial charge is 0.496 e. The molecular formula is C16H21ClN4O2. The van der Waals surface area contributed by atoms with Crippen LogP contribution >= 0.6 is 11.6 Å². The summed E-state index contributed by atoms with van der Waals surface area (Å²) in [7, 11) is 1.61. The van der Waals surface area contributed by atoms with Crippen LogP contribution in [0.3, 0.4) is 0 Å². The Balaban J connectivity index is 2.19. The van der Waals surface area contributed by atoms with E-state index in [-0.39, 0.29) is 18.5 Å². The number of hydrogen-bond acceptors (Lipinski definition) is 4. The molecule has 0 fully saturated rings. The topological polar surface area (TPSA) is 69.0 Å². The molecule has 1 aromatic carbocycles. The number of aromatic nitrogens is 3. The fraction of sp³-hybridized carbons (Fsp3) is 0.438. The molecule has 0 aliphatic heterocycles. The van der Waals surface area contributed by atoms with Gasteiger partial charge in [-0.2, -0.15) is 5.10 Å². The van der Waals surface area contributed by atoms with Crippen LogP contribution in [0.15, 0.2) is 30.9 Å². The van der Waals surface area contributed by atoms with Crippen molar-refractivity contribution in [2.45, 2.75) is 32.9 Å². The van der Waals surface area contributed by atoms with Gasteiger partial charge in [0, 0.05) is 10.6 Å². The van der Waals surface area contributed by atoms with Crippen LogP contribution in [-0.2, 0) is 11.3 Å². The quantitative estimate of drug-likeness (QED) is 0.844. The summed E-state index contributed by atoms with van der Waals surface area (Å²) in [5, 5.41) is 7.59. The van der Waals surface area contributed by atoms with E-state index in [9.17, 15) is 4.79 Å². The molecule has 1 amide bonds. The van der Waals surface area contributed by atoms with E-state index >= 15 is 0 Å². The highest BCUT2D eigenvalue weighted by Gasteiger charge is 2.20. The molecule has 124 valence electrons. The van der Waals surface area contributed by atoms with Gasteiger partial charge in [-0.1, -0.05) is 25.4 Å². The van der Waals surface area contributed by atoms with Crippen LogP contribution in [0.5, 0.6) is 5.75 Å². The van der Waals surface area contributed by atoms with Gasteiger partial charge < -0.3 is 10.1 Å². The van der Waals surface area contributed by atoms with Crippen LogP contribution in [0.4, 0.5) is 0 Å². The number of carbonyl (C=O) groups is 1. The molecular weight excluding hydrogens is 316 g/mol. The van der Waals surface area contributed by atoms with Crippen molar-refractivity contribution in [1.29, 1.82) is 0 Å². The molecule has 0 spiro atoms. The maximum Gasteiger partial charge on any atom is 0.242 e. The van der Waals surface area contributed by atoms with Crippen molar-refractivity contribution in [3.63, 3.8) is 0 Å². The number of carbonyl (C=O) groups excluding carboxylic acids is 1. The predicted molar refractivity (Wildman–Crippen MR) is 88.4 cm³/mol. The third-order valence-corrected chi connectivity index (χ3v) is 3.62. The molecule has 1 N–H and O–H groups in total. The van der Waals surface area contributed by atoms with Gasteiger partial charge >= 0.3 is 0 Å². The molecule has 0 unspecified atom stereocenters. The number of methoxy groups -OCH3 is 1. The highest BCUT2D eigenvalue weighted by atomic mass is 35.5. The number of halogens is 1. The molecule has 0 saturated heterocycles. The summed E-state index contributed by atoms with van der Waals surface area (Å²) in [6, 6.07) is 5.24. The summed E-state index contributed by atoms with van der Waals surface area (Å²) in [4.78, 5) is 16.1. The standard InChI is InChI=1S/C16H21ClN4O2/c1-11(2)6-14(13-7-12(17)4-5-15(13)23-3)20-16(22)8-21-10-18-9-19-21/h4-5,7,9-11,14H,6,8H2,1-3H3,(H,20,22)/t14-/m0/s1. The van der Waals surface area contributed by atoms with E-state index in [0.29, 0.717) is 16.7 Å². The van der Waals surface area contributed by atoms with E-state index in [1.165, 1.54) is 17.3 Å². The van der Waals surface area contributed by atoms with Crippen molar-refractivity contribution < 1.29 is 9.53 Å². The predicted octanol–water partition coefficient (Wildman–Crippen LogP) is 2.84. The maximum atomic E-state index is 12.3. The molecule has 0 aliphatic rings. The van der Waals surface area contributed by atoms with Gasteiger partial charge in [-0.15, -0.1) is 0 Å². The minimum atomic E-state index is -0.181. The first-order valence-electron chi connectivity index (χ1n) is 7.44. The van der Waals surface area contributed by atoms with Crippen molar-refractivity contribution in [2.24, 2.45) is 5.92 Å². The van der Waals surface area contributed by atoms with E-state index < -0.39 is 0 Å². The molecule has 6 nitrogen and oxygen atoms in total. The van der Waals surface area contributed by atoms with E-state index in [1.807, 2.05) is 12.1 Å². The lowest BCUT2D eigenvalue weighted by atomic mass is 9.96. The van der Waals surface area contributed by atoms with Gasteiger partial charge in [-0.05, 0) is 30.5 Å². The summed E-state index contributed by atoms with van der Waals surface area (Å²) in [6.45, 7) is 4.33. The zero-order chi connectivity index (χ0) is 16.8. The van der Waals surface area contributed by atoms with Crippen molar-refractivity contribution in [3.8, 4) is 5.75 Å². The lowest BCUT2D eigenvalue weighted by molar-refractivity contribution is -0.122. The average molecular weight is 337 g/mol. The Morgan fingerprint density at radius 2 is 2.22 bits per heavy atom. The fourth-order valence-corrected chi connectivity index (χ4v) is 2.59. The monoisotopic (exact) mass is 336 g/mol. The highest BCUT2D eigenvalue weighted by molar-refractivity contribution is 6.30. The third kappa shape index (κ3) is 4.96. The zero-order valence-electron chi connectivity index (χ0n) is 13.5. The van der Waals surface area contributed by atoms with Gasteiger partial charge in [0.2, 0.25) is 5.91 Å².